The molecule has 0 fully saturated rings. The smallest absolute Gasteiger partial charge is 0.252 e. The van der Waals surface area contributed by atoms with Crippen LogP contribution >= 0.6 is 0 Å². The number of nitrogens with zero attached hydrogens (tertiary/aromatic N) is 2. The summed E-state index contributed by atoms with van der Waals surface area (Å²) in [6.07, 6.45) is 0. The molecule has 0 aromatic carbocycles. The maximum absolute atomic E-state index is 11.2. The molecule has 0 amide bonds. The number of aromatic amines is 1. The van der Waals surface area contributed by atoms with E-state index in [-0.39, 0.29) is 5.56 Å². The molecular weight excluding hydrogens is 192 g/mol. The number of aromatic nitrogens is 2. The summed E-state index contributed by atoms with van der Waals surface area (Å²) in [4.78, 5) is 20.0. The number of hydrogen-bond acceptors (Lipinski definition) is 4. The molecule has 0 unspecified atom stereocenters. The van der Waals surface area contributed by atoms with Crippen LogP contribution in [0.2, 0.25) is 0 Å². The fraction of sp³-hybridized carbons (Fsp3) is 0.600. The average Bonchev–Trinajstić information content (AvgIpc) is 2.16. The highest BCUT2D eigenvalue weighted by Crippen LogP contribution is 2.03. The van der Waals surface area contributed by atoms with Crippen molar-refractivity contribution < 1.29 is 0 Å². The van der Waals surface area contributed by atoms with Crippen LogP contribution in [0.15, 0.2) is 10.9 Å². The summed E-state index contributed by atoms with van der Waals surface area (Å²) in [7, 11) is 1.93. The molecule has 5 heteroatoms. The van der Waals surface area contributed by atoms with Crippen molar-refractivity contribution in [2.24, 2.45) is 0 Å². The number of anilines is 1. The molecule has 15 heavy (non-hydrogen) atoms. The van der Waals surface area contributed by atoms with Gasteiger partial charge >= 0.3 is 0 Å². The fourth-order valence-corrected chi connectivity index (χ4v) is 1.30. The second-order valence-corrected chi connectivity index (χ2v) is 3.46. The quantitative estimate of drug-likeness (QED) is 0.678. The predicted octanol–water partition coefficient (Wildman–Crippen LogP) is 0.124. The number of rotatable bonds is 5. The van der Waals surface area contributed by atoms with Crippen LogP contribution in [0.3, 0.4) is 0 Å². The largest absolute Gasteiger partial charge is 0.358 e. The Morgan fingerprint density at radius 1 is 1.60 bits per heavy atom. The van der Waals surface area contributed by atoms with Crippen LogP contribution in [0.1, 0.15) is 12.7 Å². The van der Waals surface area contributed by atoms with Crippen molar-refractivity contribution in [2.75, 3.05) is 31.6 Å². The zero-order valence-electron chi connectivity index (χ0n) is 9.50. The van der Waals surface area contributed by atoms with E-state index in [1.54, 1.807) is 6.92 Å². The fourth-order valence-electron chi connectivity index (χ4n) is 1.30. The Balaban J connectivity index is 2.64. The van der Waals surface area contributed by atoms with Crippen LogP contribution in [-0.4, -0.2) is 36.6 Å². The van der Waals surface area contributed by atoms with Crippen LogP contribution in [0, 0.1) is 6.92 Å². The van der Waals surface area contributed by atoms with Gasteiger partial charge in [0.2, 0.25) is 0 Å². The lowest BCUT2D eigenvalue weighted by Gasteiger charge is -2.17. The highest BCUT2D eigenvalue weighted by Gasteiger charge is 2.03. The molecule has 84 valence electrons. The Labute approximate surface area is 89.5 Å². The normalized spacial score (nSPS) is 10.3. The Bertz CT molecular complexity index is 361. The van der Waals surface area contributed by atoms with E-state index in [2.05, 4.69) is 22.2 Å². The summed E-state index contributed by atoms with van der Waals surface area (Å²) >= 11 is 0. The lowest BCUT2D eigenvalue weighted by Crippen LogP contribution is -2.30. The van der Waals surface area contributed by atoms with E-state index in [4.69, 9.17) is 0 Å². The van der Waals surface area contributed by atoms with Gasteiger partial charge in [0.15, 0.2) is 0 Å². The molecule has 5 nitrogen and oxygen atoms in total. The maximum atomic E-state index is 11.2. The summed E-state index contributed by atoms with van der Waals surface area (Å²) < 4.78 is 0. The van der Waals surface area contributed by atoms with E-state index in [1.807, 2.05) is 11.9 Å². The molecule has 1 aromatic heterocycles. The van der Waals surface area contributed by atoms with Crippen LogP contribution in [0.5, 0.6) is 0 Å². The first-order valence-corrected chi connectivity index (χ1v) is 5.13. The van der Waals surface area contributed by atoms with E-state index in [1.165, 1.54) is 6.07 Å². The second-order valence-electron chi connectivity index (χ2n) is 3.46. The van der Waals surface area contributed by atoms with Crippen LogP contribution in [0.25, 0.3) is 0 Å². The van der Waals surface area contributed by atoms with Crippen molar-refractivity contribution in [1.82, 2.24) is 15.3 Å². The van der Waals surface area contributed by atoms with Crippen molar-refractivity contribution in [3.8, 4) is 0 Å². The third-order valence-corrected chi connectivity index (χ3v) is 2.11. The van der Waals surface area contributed by atoms with E-state index >= 15 is 0 Å². The van der Waals surface area contributed by atoms with Gasteiger partial charge in [0, 0.05) is 26.2 Å². The molecule has 0 aliphatic heterocycles. The van der Waals surface area contributed by atoms with Crippen molar-refractivity contribution in [2.45, 2.75) is 13.8 Å². The zero-order valence-corrected chi connectivity index (χ0v) is 9.50. The minimum Gasteiger partial charge on any atom is -0.358 e. The summed E-state index contributed by atoms with van der Waals surface area (Å²) in [5.74, 6) is 1.36. The molecule has 0 saturated heterocycles. The third kappa shape index (κ3) is 3.71. The monoisotopic (exact) mass is 210 g/mol. The number of H-pyrrole nitrogens is 1. The Hall–Kier alpha value is -1.36. The summed E-state index contributed by atoms with van der Waals surface area (Å²) in [6, 6.07) is 1.51. The SMILES string of the molecule is CCNCCN(C)c1cc(=O)[nH]c(C)n1. The van der Waals surface area contributed by atoms with E-state index in [0.717, 1.165) is 19.6 Å². The first-order valence-electron chi connectivity index (χ1n) is 5.13. The molecule has 1 aromatic rings. The number of likely N-dealkylation sites (N-methyl/N-ethyl adjacent to an activating group) is 2. The van der Waals surface area contributed by atoms with Gasteiger partial charge in [-0.15, -0.1) is 0 Å². The van der Waals surface area contributed by atoms with Gasteiger partial charge in [-0.25, -0.2) is 4.98 Å². The van der Waals surface area contributed by atoms with Gasteiger partial charge in [-0.05, 0) is 13.5 Å². The molecule has 0 bridgehead atoms. The topological polar surface area (TPSA) is 61.0 Å². The van der Waals surface area contributed by atoms with E-state index in [0.29, 0.717) is 11.6 Å². The highest BCUT2D eigenvalue weighted by molar-refractivity contribution is 5.35. The minimum absolute atomic E-state index is 0.104. The first kappa shape index (κ1) is 11.7. The lowest BCUT2D eigenvalue weighted by molar-refractivity contribution is 0.701. The molecule has 1 rings (SSSR count). The zero-order chi connectivity index (χ0) is 11.3. The molecule has 0 radical (unpaired) electrons. The molecule has 2 N–H and O–H groups in total. The van der Waals surface area contributed by atoms with E-state index < -0.39 is 0 Å². The summed E-state index contributed by atoms with van der Waals surface area (Å²) in [5.41, 5.74) is -0.104. The van der Waals surface area contributed by atoms with Crippen LogP contribution < -0.4 is 15.8 Å². The van der Waals surface area contributed by atoms with Gasteiger partial charge < -0.3 is 15.2 Å². The maximum Gasteiger partial charge on any atom is 0.252 e. The molecule has 0 spiro atoms. The minimum atomic E-state index is -0.104. The number of nitrogens with one attached hydrogen (secondary N) is 2. The van der Waals surface area contributed by atoms with Gasteiger partial charge in [0.1, 0.15) is 11.6 Å². The highest BCUT2D eigenvalue weighted by atomic mass is 16.1. The molecule has 1 heterocycles. The summed E-state index contributed by atoms with van der Waals surface area (Å²) in [5, 5.41) is 3.22. The summed E-state index contributed by atoms with van der Waals surface area (Å²) in [6.45, 7) is 6.53. The van der Waals surface area contributed by atoms with Gasteiger partial charge in [-0.2, -0.15) is 0 Å². The first-order chi connectivity index (χ1) is 7.13. The van der Waals surface area contributed by atoms with Gasteiger partial charge in [0.25, 0.3) is 5.56 Å². The Kier molecular flexibility index (Phi) is 4.30. The molecule has 0 aliphatic carbocycles. The van der Waals surface area contributed by atoms with Crippen molar-refractivity contribution in [3.05, 3.63) is 22.2 Å². The van der Waals surface area contributed by atoms with Crippen LogP contribution in [-0.2, 0) is 0 Å². The Morgan fingerprint density at radius 3 is 2.93 bits per heavy atom. The third-order valence-electron chi connectivity index (χ3n) is 2.11. The number of aryl methyl sites for hydroxylation is 1. The van der Waals surface area contributed by atoms with Gasteiger partial charge in [-0.3, -0.25) is 4.79 Å². The molecule has 0 aliphatic rings. The molecular formula is C10H18N4O. The second kappa shape index (κ2) is 5.50. The van der Waals surface area contributed by atoms with Gasteiger partial charge in [-0.1, -0.05) is 6.92 Å². The lowest BCUT2D eigenvalue weighted by atomic mass is 10.4. The Morgan fingerprint density at radius 2 is 2.33 bits per heavy atom. The van der Waals surface area contributed by atoms with Crippen molar-refractivity contribution >= 4 is 5.82 Å². The molecule has 0 saturated carbocycles. The van der Waals surface area contributed by atoms with E-state index in [9.17, 15) is 4.79 Å². The van der Waals surface area contributed by atoms with Crippen molar-refractivity contribution in [1.29, 1.82) is 0 Å². The van der Waals surface area contributed by atoms with Crippen LogP contribution in [0.4, 0.5) is 5.82 Å². The average molecular weight is 210 g/mol. The van der Waals surface area contributed by atoms with Crippen molar-refractivity contribution in [3.63, 3.8) is 0 Å². The standard InChI is InChI=1S/C10H18N4O/c1-4-11-5-6-14(3)9-7-10(15)13-8(2)12-9/h7,11H,4-6H2,1-3H3,(H,12,13,15). The van der Waals surface area contributed by atoms with Gasteiger partial charge in [0.05, 0.1) is 0 Å². The number of hydrogen-bond donors (Lipinski definition) is 2. The predicted molar refractivity (Wildman–Crippen MR) is 61.4 cm³/mol. The molecule has 0 atom stereocenters.